The first-order valence-corrected chi connectivity index (χ1v) is 10.9. The van der Waals surface area contributed by atoms with Crippen molar-refractivity contribution in [3.8, 4) is 0 Å². The van der Waals surface area contributed by atoms with E-state index in [1.807, 2.05) is 71.3 Å². The number of nitrogens with two attached hydrogens (primary N) is 1. The molecule has 0 amide bonds. The van der Waals surface area contributed by atoms with Gasteiger partial charge in [0.25, 0.3) is 0 Å². The van der Waals surface area contributed by atoms with Crippen LogP contribution in [0.5, 0.6) is 0 Å². The molecule has 3 heterocycles. The van der Waals surface area contributed by atoms with Gasteiger partial charge in [-0.3, -0.25) is 4.40 Å². The lowest BCUT2D eigenvalue weighted by Crippen LogP contribution is -2.27. The third-order valence-electron chi connectivity index (χ3n) is 5.82. The molecular formula is C26H25FN6O. The molecule has 0 spiro atoms. The molecular weight excluding hydrogens is 431 g/mol. The highest BCUT2D eigenvalue weighted by Gasteiger charge is 2.26. The number of nitrogens with one attached hydrogen (secondary N) is 1. The third kappa shape index (κ3) is 4.16. The predicted molar refractivity (Wildman–Crippen MR) is 130 cm³/mol. The summed E-state index contributed by atoms with van der Waals surface area (Å²) in [6, 6.07) is 20.0. The molecule has 8 heteroatoms. The minimum Gasteiger partial charge on any atom is -0.481 e. The maximum Gasteiger partial charge on any atom is 0.217 e. The maximum atomic E-state index is 13.5. The van der Waals surface area contributed by atoms with Crippen molar-refractivity contribution in [3.05, 3.63) is 114 Å². The summed E-state index contributed by atoms with van der Waals surface area (Å²) in [4.78, 5) is 9.11. The Balaban J connectivity index is 1.51. The zero-order valence-electron chi connectivity index (χ0n) is 18.9. The van der Waals surface area contributed by atoms with Crippen LogP contribution in [0.15, 0.2) is 90.3 Å². The van der Waals surface area contributed by atoms with E-state index in [1.54, 1.807) is 25.4 Å². The van der Waals surface area contributed by atoms with Crippen LogP contribution in [0.3, 0.4) is 0 Å². The second-order valence-electron chi connectivity index (χ2n) is 8.09. The Hall–Kier alpha value is -4.01. The number of methoxy groups -OCH3 is 1. The molecule has 0 fully saturated rings. The second kappa shape index (κ2) is 9.09. The number of imidazole rings is 1. The molecule has 0 saturated carbocycles. The molecule has 3 N–H and O–H groups in total. The van der Waals surface area contributed by atoms with E-state index in [9.17, 15) is 4.39 Å². The van der Waals surface area contributed by atoms with E-state index in [2.05, 4.69) is 15.4 Å². The van der Waals surface area contributed by atoms with Gasteiger partial charge in [-0.2, -0.15) is 0 Å². The number of pyridine rings is 1. The Labute approximate surface area is 197 Å². The highest BCUT2D eigenvalue weighted by molar-refractivity contribution is 5.94. The highest BCUT2D eigenvalue weighted by Crippen LogP contribution is 2.34. The van der Waals surface area contributed by atoms with Gasteiger partial charge in [0.2, 0.25) is 5.90 Å². The number of fused-ring (bicyclic) bond motifs is 1. The number of benzene rings is 2. The predicted octanol–water partition coefficient (Wildman–Crippen LogP) is 4.06. The van der Waals surface area contributed by atoms with Gasteiger partial charge in [0, 0.05) is 30.6 Å². The van der Waals surface area contributed by atoms with Gasteiger partial charge < -0.3 is 15.5 Å². The number of nitrogens with zero attached hydrogens (tertiary/aromatic N) is 4. The van der Waals surface area contributed by atoms with E-state index in [0.29, 0.717) is 5.90 Å². The Kier molecular flexibility index (Phi) is 5.83. The van der Waals surface area contributed by atoms with Crippen LogP contribution in [0, 0.1) is 5.82 Å². The van der Waals surface area contributed by atoms with Crippen molar-refractivity contribution in [1.82, 2.24) is 19.8 Å². The third-order valence-corrected chi connectivity index (χ3v) is 5.82. The molecule has 7 nitrogen and oxygen atoms in total. The fourth-order valence-corrected chi connectivity index (χ4v) is 4.15. The SMILES string of the molecule is CO/C(=N\C(N)c1cnc2ccc(C3=CN(C)NC3c3ccc(F)cc3)cn12)c1ccccc1. The zero-order valence-corrected chi connectivity index (χ0v) is 18.9. The molecule has 172 valence electrons. The monoisotopic (exact) mass is 456 g/mol. The van der Waals surface area contributed by atoms with Crippen LogP contribution < -0.4 is 11.2 Å². The molecule has 4 aromatic rings. The van der Waals surface area contributed by atoms with Crippen molar-refractivity contribution in [3.63, 3.8) is 0 Å². The lowest BCUT2D eigenvalue weighted by atomic mass is 9.96. The maximum absolute atomic E-state index is 13.5. The average Bonchev–Trinajstić information content (AvgIpc) is 3.46. The molecule has 2 atom stereocenters. The van der Waals surface area contributed by atoms with Crippen molar-refractivity contribution in [2.45, 2.75) is 12.2 Å². The summed E-state index contributed by atoms with van der Waals surface area (Å²) in [6.45, 7) is 0. The normalized spacial score (nSPS) is 17.2. The molecule has 2 unspecified atom stereocenters. The first kappa shape index (κ1) is 21.8. The second-order valence-corrected chi connectivity index (χ2v) is 8.09. The summed E-state index contributed by atoms with van der Waals surface area (Å²) in [5.74, 6) is 0.200. The number of aromatic nitrogens is 2. The largest absolute Gasteiger partial charge is 0.481 e. The van der Waals surface area contributed by atoms with Crippen LogP contribution in [-0.4, -0.2) is 34.4 Å². The zero-order chi connectivity index (χ0) is 23.7. The number of hydrogen-bond donors (Lipinski definition) is 2. The standard InChI is InChI=1S/C26H25FN6O/c1-32-16-21(24(31-32)17-8-11-20(27)12-9-17)19-10-13-23-29-14-22(33(23)15-19)25(28)30-26(34-2)18-6-4-3-5-7-18/h3-16,24-25,31H,28H2,1-2H3/b30-26-. The first-order chi connectivity index (χ1) is 16.5. The van der Waals surface area contributed by atoms with Crippen LogP contribution in [-0.2, 0) is 4.74 Å². The molecule has 0 aliphatic carbocycles. The smallest absolute Gasteiger partial charge is 0.217 e. The molecule has 2 aromatic heterocycles. The Morgan fingerprint density at radius 1 is 1.12 bits per heavy atom. The van der Waals surface area contributed by atoms with Crippen molar-refractivity contribution in [1.29, 1.82) is 0 Å². The topological polar surface area (TPSA) is 80.2 Å². The molecule has 0 saturated heterocycles. The lowest BCUT2D eigenvalue weighted by molar-refractivity contribution is 0.334. The number of hydrogen-bond acceptors (Lipinski definition) is 6. The Bertz CT molecular complexity index is 1360. The van der Waals surface area contributed by atoms with Gasteiger partial charge in [0.1, 0.15) is 17.6 Å². The molecule has 1 aliphatic rings. The van der Waals surface area contributed by atoms with Gasteiger partial charge in [-0.25, -0.2) is 19.8 Å². The minimum atomic E-state index is -0.674. The Morgan fingerprint density at radius 2 is 1.88 bits per heavy atom. The van der Waals surface area contributed by atoms with E-state index in [0.717, 1.165) is 33.6 Å². The highest BCUT2D eigenvalue weighted by atomic mass is 19.1. The van der Waals surface area contributed by atoms with Crippen LogP contribution in [0.25, 0.3) is 11.2 Å². The summed E-state index contributed by atoms with van der Waals surface area (Å²) in [6.07, 6.45) is 5.09. The Morgan fingerprint density at radius 3 is 2.62 bits per heavy atom. The van der Waals surface area contributed by atoms with Crippen LogP contribution in [0.1, 0.15) is 34.6 Å². The number of ether oxygens (including phenoxy) is 1. The number of halogens is 1. The van der Waals surface area contributed by atoms with E-state index in [-0.39, 0.29) is 11.9 Å². The molecule has 0 radical (unpaired) electrons. The van der Waals surface area contributed by atoms with Gasteiger partial charge in [-0.15, -0.1) is 0 Å². The van der Waals surface area contributed by atoms with Gasteiger partial charge in [-0.05, 0) is 47.5 Å². The summed E-state index contributed by atoms with van der Waals surface area (Å²) in [5, 5.41) is 1.91. The van der Waals surface area contributed by atoms with Gasteiger partial charge in [0.15, 0.2) is 0 Å². The minimum absolute atomic E-state index is 0.111. The molecule has 2 aromatic carbocycles. The van der Waals surface area contributed by atoms with Crippen LogP contribution >= 0.6 is 0 Å². The van der Waals surface area contributed by atoms with Crippen molar-refractivity contribution in [2.75, 3.05) is 14.2 Å². The van der Waals surface area contributed by atoms with Crippen LogP contribution in [0.2, 0.25) is 0 Å². The first-order valence-electron chi connectivity index (χ1n) is 10.9. The van der Waals surface area contributed by atoms with Crippen molar-refractivity contribution < 1.29 is 9.13 Å². The summed E-state index contributed by atoms with van der Waals surface area (Å²) < 4.78 is 20.9. The van der Waals surface area contributed by atoms with E-state index in [1.165, 1.54) is 12.1 Å². The fourth-order valence-electron chi connectivity index (χ4n) is 4.15. The fraction of sp³-hybridized carbons (Fsp3) is 0.154. The number of hydrazine groups is 1. The van der Waals surface area contributed by atoms with Crippen molar-refractivity contribution >= 4 is 17.1 Å². The summed E-state index contributed by atoms with van der Waals surface area (Å²) in [5.41, 5.74) is 15.2. The average molecular weight is 457 g/mol. The number of rotatable bonds is 5. The molecule has 34 heavy (non-hydrogen) atoms. The van der Waals surface area contributed by atoms with Gasteiger partial charge in [-0.1, -0.05) is 30.3 Å². The van der Waals surface area contributed by atoms with E-state index >= 15 is 0 Å². The van der Waals surface area contributed by atoms with Crippen molar-refractivity contribution in [2.24, 2.45) is 10.7 Å². The number of aliphatic imine (C=N–C) groups is 1. The lowest BCUT2D eigenvalue weighted by Gasteiger charge is -2.18. The van der Waals surface area contributed by atoms with Gasteiger partial charge in [0.05, 0.1) is 25.0 Å². The quantitative estimate of drug-likeness (QED) is 0.350. The van der Waals surface area contributed by atoms with Crippen LogP contribution in [0.4, 0.5) is 4.39 Å². The summed E-state index contributed by atoms with van der Waals surface area (Å²) >= 11 is 0. The van der Waals surface area contributed by atoms with E-state index in [4.69, 9.17) is 10.5 Å². The summed E-state index contributed by atoms with van der Waals surface area (Å²) in [7, 11) is 3.52. The van der Waals surface area contributed by atoms with Gasteiger partial charge >= 0.3 is 0 Å². The molecule has 5 rings (SSSR count). The molecule has 1 aliphatic heterocycles. The molecule has 0 bridgehead atoms. The van der Waals surface area contributed by atoms with E-state index < -0.39 is 6.17 Å².